The zero-order valence-electron chi connectivity index (χ0n) is 13.1. The number of aliphatic carboxylic acids is 1. The van der Waals surface area contributed by atoms with Crippen LogP contribution in [0.1, 0.15) is 18.9 Å². The first-order chi connectivity index (χ1) is 11.1. The van der Waals surface area contributed by atoms with Crippen LogP contribution in [0.2, 0.25) is 0 Å². The van der Waals surface area contributed by atoms with E-state index in [1.807, 2.05) is 30.3 Å². The smallest absolute Gasteiger partial charge is 0.307 e. The van der Waals surface area contributed by atoms with Gasteiger partial charge in [-0.25, -0.2) is 0 Å². The van der Waals surface area contributed by atoms with E-state index >= 15 is 0 Å². The zero-order chi connectivity index (χ0) is 16.1. The third-order valence-electron chi connectivity index (χ3n) is 5.87. The number of hydrogen-bond acceptors (Lipinski definition) is 2. The van der Waals surface area contributed by atoms with Crippen LogP contribution >= 0.6 is 0 Å². The summed E-state index contributed by atoms with van der Waals surface area (Å²) in [4.78, 5) is 24.5. The normalized spacial score (nSPS) is 36.4. The Bertz CT molecular complexity index is 678. The van der Waals surface area contributed by atoms with Crippen molar-refractivity contribution in [3.05, 3.63) is 42.0 Å². The molecule has 0 aromatic heterocycles. The number of nitrogens with one attached hydrogen (secondary N) is 1. The predicted molar refractivity (Wildman–Crippen MR) is 86.8 cm³/mol. The fourth-order valence-electron chi connectivity index (χ4n) is 4.62. The monoisotopic (exact) mass is 311 g/mol. The zero-order valence-corrected chi connectivity index (χ0v) is 13.1. The number of benzene rings is 1. The van der Waals surface area contributed by atoms with Crippen molar-refractivity contribution >= 4 is 17.6 Å². The second kappa shape index (κ2) is 5.22. The lowest BCUT2D eigenvalue weighted by atomic mass is 9.62. The third kappa shape index (κ3) is 2.28. The molecule has 0 spiro atoms. The van der Waals surface area contributed by atoms with Crippen molar-refractivity contribution in [2.45, 2.75) is 19.8 Å². The Balaban J connectivity index is 1.56. The Morgan fingerprint density at radius 2 is 1.70 bits per heavy atom. The fourth-order valence-corrected chi connectivity index (χ4v) is 4.62. The van der Waals surface area contributed by atoms with Gasteiger partial charge in [-0.3, -0.25) is 9.59 Å². The molecule has 1 aromatic carbocycles. The molecule has 4 nitrogen and oxygen atoms in total. The minimum absolute atomic E-state index is 0.0284. The first-order valence-electron chi connectivity index (χ1n) is 8.41. The molecule has 6 atom stereocenters. The van der Waals surface area contributed by atoms with Crippen molar-refractivity contribution < 1.29 is 14.7 Å². The highest BCUT2D eigenvalue weighted by Crippen LogP contribution is 2.63. The molecule has 2 N–H and O–H groups in total. The van der Waals surface area contributed by atoms with E-state index in [2.05, 4.69) is 18.3 Å². The van der Waals surface area contributed by atoms with Crippen molar-refractivity contribution in [2.24, 2.45) is 35.5 Å². The summed E-state index contributed by atoms with van der Waals surface area (Å²) in [7, 11) is 0. The van der Waals surface area contributed by atoms with Gasteiger partial charge in [0.05, 0.1) is 11.8 Å². The first-order valence-corrected chi connectivity index (χ1v) is 8.41. The minimum atomic E-state index is -0.837. The van der Waals surface area contributed by atoms with E-state index in [0.29, 0.717) is 11.8 Å². The van der Waals surface area contributed by atoms with Gasteiger partial charge in [-0.15, -0.1) is 0 Å². The Morgan fingerprint density at radius 1 is 1.09 bits per heavy atom. The molecule has 2 fully saturated rings. The molecule has 2 bridgehead atoms. The summed E-state index contributed by atoms with van der Waals surface area (Å²) < 4.78 is 0. The molecule has 0 unspecified atom stereocenters. The lowest BCUT2D eigenvalue weighted by Gasteiger charge is -2.41. The number of aryl methyl sites for hydroxylation is 1. The lowest BCUT2D eigenvalue weighted by molar-refractivity contribution is -0.152. The van der Waals surface area contributed by atoms with Gasteiger partial charge in [-0.2, -0.15) is 0 Å². The van der Waals surface area contributed by atoms with Crippen LogP contribution < -0.4 is 5.32 Å². The number of anilines is 1. The molecular formula is C19H21NO3. The van der Waals surface area contributed by atoms with Crippen molar-refractivity contribution in [1.29, 1.82) is 0 Å². The second-order valence-corrected chi connectivity index (χ2v) is 7.03. The SMILES string of the molecule is CCc1ccc(NC(=O)[C@H]2[C@H]3C=C[C@@H]([C@@H]4C[C@H]34)[C@@H]2C(=O)O)cc1. The Kier molecular flexibility index (Phi) is 3.29. The molecule has 1 aromatic rings. The number of carbonyl (C=O) groups is 2. The van der Waals surface area contributed by atoms with Gasteiger partial charge in [0.2, 0.25) is 5.91 Å². The van der Waals surface area contributed by atoms with Gasteiger partial charge in [-0.05, 0) is 54.2 Å². The predicted octanol–water partition coefficient (Wildman–Crippen LogP) is 2.96. The quantitative estimate of drug-likeness (QED) is 0.840. The van der Waals surface area contributed by atoms with Crippen LogP contribution in [0.15, 0.2) is 36.4 Å². The maximum Gasteiger partial charge on any atom is 0.307 e. The average Bonchev–Trinajstić information content (AvgIpc) is 3.37. The summed E-state index contributed by atoms with van der Waals surface area (Å²) in [5.41, 5.74) is 1.96. The molecule has 1 amide bonds. The third-order valence-corrected chi connectivity index (χ3v) is 5.87. The summed E-state index contributed by atoms with van der Waals surface area (Å²) in [6, 6.07) is 7.77. The van der Waals surface area contributed by atoms with Crippen LogP contribution in [0.5, 0.6) is 0 Å². The van der Waals surface area contributed by atoms with Crippen LogP contribution in [0.4, 0.5) is 5.69 Å². The van der Waals surface area contributed by atoms with Gasteiger partial charge in [0, 0.05) is 5.69 Å². The van der Waals surface area contributed by atoms with Crippen LogP contribution in [0.3, 0.4) is 0 Å². The van der Waals surface area contributed by atoms with E-state index in [4.69, 9.17) is 0 Å². The van der Waals surface area contributed by atoms with Crippen LogP contribution in [-0.2, 0) is 16.0 Å². The highest BCUT2D eigenvalue weighted by Gasteiger charge is 2.62. The summed E-state index contributed by atoms with van der Waals surface area (Å²) in [5.74, 6) is -0.900. The molecule has 2 saturated carbocycles. The molecule has 5 rings (SSSR count). The molecule has 120 valence electrons. The molecule has 0 radical (unpaired) electrons. The van der Waals surface area contributed by atoms with Crippen LogP contribution in [0.25, 0.3) is 0 Å². The largest absolute Gasteiger partial charge is 0.481 e. The Labute approximate surface area is 135 Å². The van der Waals surface area contributed by atoms with E-state index < -0.39 is 17.8 Å². The van der Waals surface area contributed by atoms with Crippen molar-refractivity contribution in [2.75, 3.05) is 5.32 Å². The summed E-state index contributed by atoms with van der Waals surface area (Å²) in [6.45, 7) is 2.09. The molecule has 4 aliphatic rings. The highest BCUT2D eigenvalue weighted by molar-refractivity contribution is 5.96. The van der Waals surface area contributed by atoms with E-state index in [1.54, 1.807) is 0 Å². The van der Waals surface area contributed by atoms with Gasteiger partial charge < -0.3 is 10.4 Å². The van der Waals surface area contributed by atoms with Crippen molar-refractivity contribution in [3.8, 4) is 0 Å². The number of carboxylic acid groups (broad SMARTS) is 1. The number of hydrogen-bond donors (Lipinski definition) is 2. The standard InChI is InChI=1S/C19H21NO3/c1-2-10-3-5-11(6-4-10)20-18(21)16-12-7-8-13(15-9-14(12)15)17(16)19(22)23/h3-8,12-17H,2,9H2,1H3,(H,20,21)(H,22,23)/t12-,13-,14+,15-,16-,17-/m0/s1. The number of rotatable bonds is 4. The van der Waals surface area contributed by atoms with Gasteiger partial charge in [-0.1, -0.05) is 31.2 Å². The summed E-state index contributed by atoms with van der Waals surface area (Å²) >= 11 is 0. The van der Waals surface area contributed by atoms with Crippen LogP contribution in [0, 0.1) is 35.5 Å². The summed E-state index contributed by atoms with van der Waals surface area (Å²) in [5, 5.41) is 12.6. The maximum atomic E-state index is 12.8. The number of fused-ring (bicyclic) bond motifs is 1. The first kappa shape index (κ1) is 14.5. The molecule has 0 saturated heterocycles. The molecule has 0 aliphatic heterocycles. The summed E-state index contributed by atoms with van der Waals surface area (Å²) in [6.07, 6.45) is 6.15. The molecular weight excluding hydrogens is 290 g/mol. The number of allylic oxidation sites excluding steroid dienone is 2. The van der Waals surface area contributed by atoms with E-state index in [9.17, 15) is 14.7 Å². The van der Waals surface area contributed by atoms with E-state index in [1.165, 1.54) is 5.56 Å². The molecule has 4 heteroatoms. The number of amides is 1. The van der Waals surface area contributed by atoms with Crippen LogP contribution in [-0.4, -0.2) is 17.0 Å². The fraction of sp³-hybridized carbons (Fsp3) is 0.474. The molecule has 4 aliphatic carbocycles. The Morgan fingerprint density at radius 3 is 2.26 bits per heavy atom. The van der Waals surface area contributed by atoms with E-state index in [0.717, 1.165) is 18.5 Å². The molecule has 0 heterocycles. The average molecular weight is 311 g/mol. The molecule has 23 heavy (non-hydrogen) atoms. The van der Waals surface area contributed by atoms with E-state index in [-0.39, 0.29) is 17.7 Å². The second-order valence-electron chi connectivity index (χ2n) is 7.03. The minimum Gasteiger partial charge on any atom is -0.481 e. The lowest BCUT2D eigenvalue weighted by Crippen LogP contribution is -2.48. The van der Waals surface area contributed by atoms with Gasteiger partial charge >= 0.3 is 5.97 Å². The van der Waals surface area contributed by atoms with Crippen molar-refractivity contribution in [1.82, 2.24) is 0 Å². The topological polar surface area (TPSA) is 66.4 Å². The Hall–Kier alpha value is -2.10. The van der Waals surface area contributed by atoms with Crippen molar-refractivity contribution in [3.63, 3.8) is 0 Å². The number of carboxylic acids is 1. The van der Waals surface area contributed by atoms with Gasteiger partial charge in [0.1, 0.15) is 0 Å². The van der Waals surface area contributed by atoms with Gasteiger partial charge in [0.25, 0.3) is 0 Å². The maximum absolute atomic E-state index is 12.8. The van der Waals surface area contributed by atoms with Gasteiger partial charge in [0.15, 0.2) is 0 Å². The highest BCUT2D eigenvalue weighted by atomic mass is 16.4. The number of carbonyl (C=O) groups excluding carboxylic acids is 1.